The van der Waals surface area contributed by atoms with Gasteiger partial charge in [0, 0.05) is 54.5 Å². The monoisotopic (exact) mass is 535 g/mol. The Balaban J connectivity index is 1.35. The van der Waals surface area contributed by atoms with Crippen molar-refractivity contribution in [2.75, 3.05) is 45.2 Å². The minimum Gasteiger partial charge on any atom is -0.497 e. The maximum atomic E-state index is 15.7. The lowest BCUT2D eigenvalue weighted by Gasteiger charge is -2.41. The average Bonchev–Trinajstić information content (AvgIpc) is 2.94. The van der Waals surface area contributed by atoms with Crippen LogP contribution in [0.5, 0.6) is 5.75 Å². The number of pyridine rings is 1. The molecule has 10 heteroatoms. The van der Waals surface area contributed by atoms with Crippen molar-refractivity contribution in [1.29, 1.82) is 0 Å². The summed E-state index contributed by atoms with van der Waals surface area (Å²) in [4.78, 5) is 6.44. The van der Waals surface area contributed by atoms with Crippen molar-refractivity contribution in [3.05, 3.63) is 65.1 Å². The summed E-state index contributed by atoms with van der Waals surface area (Å²) in [7, 11) is 1.53. The number of fused-ring (bicyclic) bond motifs is 1. The summed E-state index contributed by atoms with van der Waals surface area (Å²) in [5.74, 6) is -2.64. The standard InChI is InChI=1S/C28H33F4N3O3/c1-38-20-2-3-24-21(14-20)26(18(16-36)15-34-24)22(30)4-5-28(17-37)6-9-35(10-7-28)11-8-33-25-13-19(29)12-23(31)27(25)32/h2-3,12-15,22,33,36-37H,4-11,16-17H2,1H3/t22-/m1/s1. The number of hydrogen-bond donors (Lipinski definition) is 3. The molecule has 1 atom stereocenters. The lowest BCUT2D eigenvalue weighted by atomic mass is 9.74. The highest BCUT2D eigenvalue weighted by Gasteiger charge is 2.35. The van der Waals surface area contributed by atoms with Crippen molar-refractivity contribution in [1.82, 2.24) is 9.88 Å². The highest BCUT2D eigenvalue weighted by atomic mass is 19.2. The second-order valence-corrected chi connectivity index (χ2v) is 9.92. The van der Waals surface area contributed by atoms with Crippen molar-refractivity contribution < 1.29 is 32.5 Å². The highest BCUT2D eigenvalue weighted by molar-refractivity contribution is 5.85. The maximum absolute atomic E-state index is 15.7. The van der Waals surface area contributed by atoms with Crippen molar-refractivity contribution in [3.63, 3.8) is 0 Å². The molecule has 2 heterocycles. The van der Waals surface area contributed by atoms with Gasteiger partial charge in [-0.2, -0.15) is 0 Å². The summed E-state index contributed by atoms with van der Waals surface area (Å²) in [5.41, 5.74) is 0.774. The van der Waals surface area contributed by atoms with E-state index < -0.39 is 29.0 Å². The predicted molar refractivity (Wildman–Crippen MR) is 137 cm³/mol. The fourth-order valence-corrected chi connectivity index (χ4v) is 5.21. The number of methoxy groups -OCH3 is 1. The number of benzene rings is 2. The van der Waals surface area contributed by atoms with Crippen LogP contribution in [0, 0.1) is 22.9 Å². The van der Waals surface area contributed by atoms with Crippen LogP contribution in [0.3, 0.4) is 0 Å². The Labute approximate surface area is 219 Å². The molecular formula is C28H33F4N3O3. The molecule has 38 heavy (non-hydrogen) atoms. The Morgan fingerprint density at radius 1 is 1.13 bits per heavy atom. The molecule has 1 saturated heterocycles. The van der Waals surface area contributed by atoms with Crippen LogP contribution in [-0.4, -0.2) is 60.0 Å². The molecule has 206 valence electrons. The van der Waals surface area contributed by atoms with E-state index in [1.54, 1.807) is 18.2 Å². The van der Waals surface area contributed by atoms with Gasteiger partial charge in [0.15, 0.2) is 11.6 Å². The molecule has 2 aromatic carbocycles. The molecule has 1 aromatic heterocycles. The lowest BCUT2D eigenvalue weighted by Crippen LogP contribution is -2.43. The number of nitrogens with one attached hydrogen (secondary N) is 1. The van der Waals surface area contributed by atoms with E-state index in [4.69, 9.17) is 4.74 Å². The van der Waals surface area contributed by atoms with E-state index in [0.29, 0.717) is 79.3 Å². The van der Waals surface area contributed by atoms with Gasteiger partial charge in [-0.15, -0.1) is 0 Å². The van der Waals surface area contributed by atoms with Gasteiger partial charge in [0.1, 0.15) is 17.7 Å². The first-order valence-electron chi connectivity index (χ1n) is 12.7. The third kappa shape index (κ3) is 6.19. The molecule has 0 spiro atoms. The summed E-state index contributed by atoms with van der Waals surface area (Å²) in [6.45, 7) is 1.71. The first-order chi connectivity index (χ1) is 18.3. The molecule has 6 nitrogen and oxygen atoms in total. The van der Waals surface area contributed by atoms with Gasteiger partial charge >= 0.3 is 0 Å². The van der Waals surface area contributed by atoms with E-state index in [9.17, 15) is 23.4 Å². The summed E-state index contributed by atoms with van der Waals surface area (Å²) in [5, 5.41) is 23.4. The van der Waals surface area contributed by atoms with Crippen LogP contribution in [0.4, 0.5) is 23.2 Å². The number of anilines is 1. The van der Waals surface area contributed by atoms with Gasteiger partial charge in [0.2, 0.25) is 0 Å². The van der Waals surface area contributed by atoms with E-state index in [1.807, 2.05) is 0 Å². The fraction of sp³-hybridized carbons (Fsp3) is 0.464. The molecule has 0 aliphatic carbocycles. The quantitative estimate of drug-likeness (QED) is 0.234. The smallest absolute Gasteiger partial charge is 0.182 e. The SMILES string of the molecule is COc1ccc2ncc(CO)c([C@H](F)CCC3(CO)CCN(CCNc4cc(F)cc(F)c4F)CC3)c2c1. The Bertz CT molecular complexity index is 1250. The molecule has 1 aliphatic rings. The number of aliphatic hydroxyl groups is 2. The predicted octanol–water partition coefficient (Wildman–Crippen LogP) is 5.13. The Kier molecular flexibility index (Phi) is 9.07. The largest absolute Gasteiger partial charge is 0.497 e. The van der Waals surface area contributed by atoms with E-state index in [2.05, 4.69) is 15.2 Å². The highest BCUT2D eigenvalue weighted by Crippen LogP contribution is 2.41. The molecule has 4 rings (SSSR count). The summed E-state index contributed by atoms with van der Waals surface area (Å²) in [6, 6.07) is 6.65. The molecule has 1 fully saturated rings. The van der Waals surface area contributed by atoms with Gasteiger partial charge in [-0.25, -0.2) is 17.6 Å². The van der Waals surface area contributed by atoms with Crippen molar-refractivity contribution in [2.24, 2.45) is 5.41 Å². The molecule has 0 bridgehead atoms. The number of alkyl halides is 1. The Hall–Kier alpha value is -2.95. The zero-order valence-electron chi connectivity index (χ0n) is 21.3. The summed E-state index contributed by atoms with van der Waals surface area (Å²) >= 11 is 0. The minimum atomic E-state index is -1.36. The van der Waals surface area contributed by atoms with Gasteiger partial charge in [0.25, 0.3) is 0 Å². The third-order valence-corrected chi connectivity index (χ3v) is 7.60. The first kappa shape index (κ1) is 28.1. The molecule has 0 radical (unpaired) electrons. The Morgan fingerprint density at radius 2 is 1.89 bits per heavy atom. The molecule has 0 unspecified atom stereocenters. The summed E-state index contributed by atoms with van der Waals surface area (Å²) < 4.78 is 61.6. The van der Waals surface area contributed by atoms with Crippen LogP contribution in [0.15, 0.2) is 36.5 Å². The fourth-order valence-electron chi connectivity index (χ4n) is 5.21. The maximum Gasteiger partial charge on any atom is 0.182 e. The third-order valence-electron chi connectivity index (χ3n) is 7.60. The first-order valence-corrected chi connectivity index (χ1v) is 12.7. The van der Waals surface area contributed by atoms with Crippen molar-refractivity contribution >= 4 is 16.6 Å². The number of halogens is 4. The van der Waals surface area contributed by atoms with E-state index in [0.717, 1.165) is 6.07 Å². The van der Waals surface area contributed by atoms with Crippen molar-refractivity contribution in [2.45, 2.75) is 38.5 Å². The number of nitrogens with zero attached hydrogens (tertiary/aromatic N) is 2. The molecular weight excluding hydrogens is 502 g/mol. The number of likely N-dealkylation sites (tertiary alicyclic amines) is 1. The van der Waals surface area contributed by atoms with Gasteiger partial charge < -0.3 is 25.2 Å². The van der Waals surface area contributed by atoms with E-state index >= 15 is 4.39 Å². The number of piperidine rings is 1. The van der Waals surface area contributed by atoms with Crippen LogP contribution < -0.4 is 10.1 Å². The number of aromatic nitrogens is 1. The number of hydrogen-bond acceptors (Lipinski definition) is 6. The number of rotatable bonds is 11. The molecule has 0 saturated carbocycles. The summed E-state index contributed by atoms with van der Waals surface area (Å²) in [6.07, 6.45) is 2.07. The second kappa shape index (κ2) is 12.3. The van der Waals surface area contributed by atoms with Gasteiger partial charge in [-0.3, -0.25) is 4.98 Å². The molecule has 3 N–H and O–H groups in total. The Morgan fingerprint density at radius 3 is 2.58 bits per heavy atom. The van der Waals surface area contributed by atoms with Gasteiger partial charge in [-0.1, -0.05) is 0 Å². The molecule has 3 aromatic rings. The van der Waals surface area contributed by atoms with Crippen LogP contribution in [0.2, 0.25) is 0 Å². The zero-order valence-corrected chi connectivity index (χ0v) is 21.3. The van der Waals surface area contributed by atoms with Gasteiger partial charge in [0.05, 0.1) is 24.9 Å². The topological polar surface area (TPSA) is 77.8 Å². The molecule has 1 aliphatic heterocycles. The normalized spacial score (nSPS) is 16.5. The molecule has 0 amide bonds. The van der Waals surface area contributed by atoms with E-state index in [-0.39, 0.29) is 25.3 Å². The average molecular weight is 536 g/mol. The number of ether oxygens (including phenoxy) is 1. The lowest BCUT2D eigenvalue weighted by molar-refractivity contribution is 0.0315. The van der Waals surface area contributed by atoms with Crippen molar-refractivity contribution in [3.8, 4) is 5.75 Å². The van der Waals surface area contributed by atoms with Gasteiger partial charge in [-0.05, 0) is 62.4 Å². The zero-order chi connectivity index (χ0) is 27.3. The van der Waals surface area contributed by atoms with Crippen LogP contribution in [-0.2, 0) is 6.61 Å². The number of aliphatic hydroxyl groups excluding tert-OH is 2. The minimum absolute atomic E-state index is 0.0721. The van der Waals surface area contributed by atoms with Crippen LogP contribution in [0.1, 0.15) is 43.0 Å². The van der Waals surface area contributed by atoms with Crippen LogP contribution in [0.25, 0.3) is 10.9 Å². The van der Waals surface area contributed by atoms with Crippen LogP contribution >= 0.6 is 0 Å². The second-order valence-electron chi connectivity index (χ2n) is 9.92. The van der Waals surface area contributed by atoms with E-state index in [1.165, 1.54) is 13.3 Å².